The second-order valence-corrected chi connectivity index (χ2v) is 6.30. The number of allylic oxidation sites excluding steroid dienone is 2. The van der Waals surface area contributed by atoms with E-state index >= 15 is 0 Å². The van der Waals surface area contributed by atoms with Crippen molar-refractivity contribution in [2.24, 2.45) is 0 Å². The van der Waals surface area contributed by atoms with E-state index in [0.29, 0.717) is 6.42 Å². The van der Waals surface area contributed by atoms with Crippen LogP contribution < -0.4 is 0 Å². The van der Waals surface area contributed by atoms with Crippen molar-refractivity contribution in [1.82, 2.24) is 0 Å². The minimum absolute atomic E-state index is 0.0144. The van der Waals surface area contributed by atoms with Crippen molar-refractivity contribution in [1.29, 1.82) is 0 Å². The Balaban J connectivity index is 1.81. The lowest BCUT2D eigenvalue weighted by atomic mass is 9.79. The number of ketones is 2. The number of carbonyl (C=O) groups excluding carboxylic acids is 2. The second-order valence-electron chi connectivity index (χ2n) is 6.30. The number of rotatable bonds is 3. The molecule has 4 heteroatoms. The SMILES string of the molecule is CCC(O)=C1C(=O)CC(c2ccc(-c3ccc(O)cc3)cc2)CC1=O. The zero-order valence-corrected chi connectivity index (χ0v) is 14.0. The van der Waals surface area contributed by atoms with Crippen molar-refractivity contribution in [3.05, 3.63) is 65.4 Å². The maximum absolute atomic E-state index is 12.2. The van der Waals surface area contributed by atoms with Gasteiger partial charge in [0.15, 0.2) is 11.6 Å². The summed E-state index contributed by atoms with van der Waals surface area (Å²) in [7, 11) is 0. The van der Waals surface area contributed by atoms with Crippen molar-refractivity contribution < 1.29 is 19.8 Å². The van der Waals surface area contributed by atoms with Gasteiger partial charge in [-0.05, 0) is 34.7 Å². The highest BCUT2D eigenvalue weighted by Gasteiger charge is 2.33. The smallest absolute Gasteiger partial charge is 0.170 e. The van der Waals surface area contributed by atoms with Crippen LogP contribution in [0.5, 0.6) is 5.75 Å². The van der Waals surface area contributed by atoms with Crippen molar-refractivity contribution in [3.63, 3.8) is 0 Å². The molecule has 0 atom stereocenters. The van der Waals surface area contributed by atoms with Gasteiger partial charge in [-0.15, -0.1) is 0 Å². The van der Waals surface area contributed by atoms with Crippen LogP contribution in [0.1, 0.15) is 37.7 Å². The molecule has 25 heavy (non-hydrogen) atoms. The van der Waals surface area contributed by atoms with Crippen LogP contribution in [0.3, 0.4) is 0 Å². The van der Waals surface area contributed by atoms with Gasteiger partial charge < -0.3 is 10.2 Å². The first-order valence-electron chi connectivity index (χ1n) is 8.37. The minimum atomic E-state index is -0.275. The summed E-state index contributed by atoms with van der Waals surface area (Å²) >= 11 is 0. The van der Waals surface area contributed by atoms with Crippen LogP contribution in [0.2, 0.25) is 0 Å². The molecule has 4 nitrogen and oxygen atoms in total. The average Bonchev–Trinajstić information content (AvgIpc) is 2.61. The molecule has 1 saturated carbocycles. The van der Waals surface area contributed by atoms with E-state index in [4.69, 9.17) is 0 Å². The van der Waals surface area contributed by atoms with Crippen molar-refractivity contribution >= 4 is 11.6 Å². The number of phenolic OH excluding ortho intramolecular Hbond substituents is 1. The summed E-state index contributed by atoms with van der Waals surface area (Å²) in [5.41, 5.74) is 2.92. The third-order valence-corrected chi connectivity index (χ3v) is 4.63. The lowest BCUT2D eigenvalue weighted by Crippen LogP contribution is -2.26. The number of aliphatic hydroxyl groups is 1. The fourth-order valence-corrected chi connectivity index (χ4v) is 3.22. The van der Waals surface area contributed by atoms with Gasteiger partial charge in [0.25, 0.3) is 0 Å². The zero-order valence-electron chi connectivity index (χ0n) is 14.0. The molecular weight excluding hydrogens is 316 g/mol. The molecule has 3 rings (SSSR count). The van der Waals surface area contributed by atoms with Gasteiger partial charge in [0.05, 0.1) is 5.57 Å². The maximum Gasteiger partial charge on any atom is 0.170 e. The first-order valence-corrected chi connectivity index (χ1v) is 8.37. The predicted octanol–water partition coefficient (Wildman–Crippen LogP) is 4.30. The molecule has 0 aromatic heterocycles. The Morgan fingerprint density at radius 2 is 1.40 bits per heavy atom. The summed E-state index contributed by atoms with van der Waals surface area (Å²) in [5.74, 6) is -0.580. The van der Waals surface area contributed by atoms with Gasteiger partial charge >= 0.3 is 0 Å². The van der Waals surface area contributed by atoms with E-state index in [9.17, 15) is 19.8 Å². The van der Waals surface area contributed by atoms with Gasteiger partial charge in [0.2, 0.25) is 0 Å². The number of hydrogen-bond donors (Lipinski definition) is 2. The fraction of sp³-hybridized carbons (Fsp3) is 0.238. The van der Waals surface area contributed by atoms with E-state index in [1.54, 1.807) is 19.1 Å². The number of hydrogen-bond acceptors (Lipinski definition) is 4. The molecule has 2 N–H and O–H groups in total. The Kier molecular flexibility index (Phi) is 4.70. The Labute approximate surface area is 146 Å². The molecule has 0 heterocycles. The molecular formula is C21H20O4. The molecule has 0 amide bonds. The zero-order chi connectivity index (χ0) is 18.0. The summed E-state index contributed by atoms with van der Waals surface area (Å²) in [6.07, 6.45) is 0.770. The number of benzene rings is 2. The molecule has 1 aliphatic rings. The molecule has 0 saturated heterocycles. The fourth-order valence-electron chi connectivity index (χ4n) is 3.22. The monoisotopic (exact) mass is 336 g/mol. The van der Waals surface area contributed by atoms with Crippen LogP contribution in [0.25, 0.3) is 11.1 Å². The Morgan fingerprint density at radius 3 is 1.88 bits per heavy atom. The lowest BCUT2D eigenvalue weighted by molar-refractivity contribution is -0.124. The van der Waals surface area contributed by atoms with E-state index in [2.05, 4.69) is 0 Å². The third-order valence-electron chi connectivity index (χ3n) is 4.63. The van der Waals surface area contributed by atoms with Crippen LogP contribution >= 0.6 is 0 Å². The average molecular weight is 336 g/mol. The van der Waals surface area contributed by atoms with Crippen molar-refractivity contribution in [3.8, 4) is 16.9 Å². The van der Waals surface area contributed by atoms with E-state index in [-0.39, 0.29) is 47.4 Å². The minimum Gasteiger partial charge on any atom is -0.511 e. The van der Waals surface area contributed by atoms with E-state index in [0.717, 1.165) is 16.7 Å². The van der Waals surface area contributed by atoms with Crippen LogP contribution in [0.15, 0.2) is 59.9 Å². The Bertz CT molecular complexity index is 809. The highest BCUT2D eigenvalue weighted by Crippen LogP contribution is 2.34. The Morgan fingerprint density at radius 1 is 0.920 bits per heavy atom. The van der Waals surface area contributed by atoms with Gasteiger partial charge in [-0.1, -0.05) is 43.3 Å². The topological polar surface area (TPSA) is 74.6 Å². The highest BCUT2D eigenvalue weighted by atomic mass is 16.3. The molecule has 0 radical (unpaired) electrons. The number of aliphatic hydroxyl groups excluding tert-OH is 1. The second kappa shape index (κ2) is 6.93. The first kappa shape index (κ1) is 17.0. The molecule has 0 unspecified atom stereocenters. The molecule has 128 valence electrons. The predicted molar refractivity (Wildman–Crippen MR) is 95.5 cm³/mol. The summed E-state index contributed by atoms with van der Waals surface area (Å²) in [4.78, 5) is 24.5. The number of Topliss-reactive ketones (excluding diaryl/α,β-unsaturated/α-hetero) is 2. The van der Waals surface area contributed by atoms with Crippen LogP contribution in [0, 0.1) is 0 Å². The largest absolute Gasteiger partial charge is 0.511 e. The quantitative estimate of drug-likeness (QED) is 0.498. The summed E-state index contributed by atoms with van der Waals surface area (Å²) in [5, 5.41) is 19.1. The molecule has 0 bridgehead atoms. The van der Waals surface area contributed by atoms with Crippen LogP contribution in [-0.2, 0) is 9.59 Å². The van der Waals surface area contributed by atoms with Crippen LogP contribution in [-0.4, -0.2) is 21.8 Å². The number of phenols is 1. The lowest BCUT2D eigenvalue weighted by Gasteiger charge is -2.23. The molecule has 2 aromatic rings. The summed E-state index contributed by atoms with van der Waals surface area (Å²) in [6, 6.07) is 14.7. The van der Waals surface area contributed by atoms with Gasteiger partial charge in [-0.2, -0.15) is 0 Å². The van der Waals surface area contributed by atoms with Gasteiger partial charge in [0.1, 0.15) is 11.5 Å². The third kappa shape index (κ3) is 3.48. The first-order chi connectivity index (χ1) is 12.0. The van der Waals surface area contributed by atoms with Crippen molar-refractivity contribution in [2.75, 3.05) is 0 Å². The Hall–Kier alpha value is -2.88. The van der Waals surface area contributed by atoms with Gasteiger partial charge in [-0.25, -0.2) is 0 Å². The molecule has 1 aliphatic carbocycles. The molecule has 1 fully saturated rings. The highest BCUT2D eigenvalue weighted by molar-refractivity contribution is 6.22. The van der Waals surface area contributed by atoms with Crippen molar-refractivity contribution in [2.45, 2.75) is 32.1 Å². The number of aromatic hydroxyl groups is 1. The van der Waals surface area contributed by atoms with Crippen LogP contribution in [0.4, 0.5) is 0 Å². The molecule has 0 aliphatic heterocycles. The van der Waals surface area contributed by atoms with Gasteiger partial charge in [-0.3, -0.25) is 9.59 Å². The summed E-state index contributed by atoms with van der Waals surface area (Å²) in [6.45, 7) is 1.72. The van der Waals surface area contributed by atoms with E-state index in [1.807, 2.05) is 36.4 Å². The molecule has 0 spiro atoms. The van der Waals surface area contributed by atoms with E-state index in [1.165, 1.54) is 0 Å². The standard InChI is InChI=1S/C21H20O4/c1-2-18(23)21-19(24)11-16(12-20(21)25)15-5-3-13(4-6-15)14-7-9-17(22)10-8-14/h3-10,16,22-23H,2,11-12H2,1H3. The normalized spacial score (nSPS) is 17.6. The van der Waals surface area contributed by atoms with E-state index < -0.39 is 0 Å². The van der Waals surface area contributed by atoms with Gasteiger partial charge in [0, 0.05) is 19.3 Å². The maximum atomic E-state index is 12.2. The number of carbonyl (C=O) groups is 2. The summed E-state index contributed by atoms with van der Waals surface area (Å²) < 4.78 is 0. The molecule has 2 aromatic carbocycles.